The van der Waals surface area contributed by atoms with Crippen LogP contribution in [0.3, 0.4) is 0 Å². The summed E-state index contributed by atoms with van der Waals surface area (Å²) in [6, 6.07) is 5.63. The highest BCUT2D eigenvalue weighted by Crippen LogP contribution is 2.34. The van der Waals surface area contributed by atoms with Crippen LogP contribution in [0.5, 0.6) is 5.75 Å². The van der Waals surface area contributed by atoms with Gasteiger partial charge in [0.1, 0.15) is 5.75 Å². The molecule has 0 radical (unpaired) electrons. The topological polar surface area (TPSA) is 75.2 Å². The van der Waals surface area contributed by atoms with Crippen molar-refractivity contribution >= 4 is 5.97 Å². The number of hydrogen-bond acceptors (Lipinski definition) is 3. The highest BCUT2D eigenvalue weighted by molar-refractivity contribution is 5.95. The Balaban J connectivity index is 2.71. The summed E-state index contributed by atoms with van der Waals surface area (Å²) in [5, 5.41) is 15.7. The van der Waals surface area contributed by atoms with Crippen LogP contribution in [0.25, 0.3) is 11.1 Å². The van der Waals surface area contributed by atoms with Gasteiger partial charge in [0.05, 0.1) is 7.11 Å². The van der Waals surface area contributed by atoms with Crippen LogP contribution in [0, 0.1) is 13.8 Å². The van der Waals surface area contributed by atoms with E-state index in [0.717, 1.165) is 11.1 Å². The number of aromatic carboxylic acids is 1. The normalized spacial score (nSPS) is 10.4. The number of nitrogens with one attached hydrogen (secondary N) is 1. The Hall–Kier alpha value is -2.30. The second-order valence-corrected chi connectivity index (χ2v) is 4.08. The molecule has 0 fully saturated rings. The Labute approximate surface area is 104 Å². The molecule has 2 aromatic rings. The number of carbonyl (C=O) groups is 1. The van der Waals surface area contributed by atoms with Gasteiger partial charge in [-0.3, -0.25) is 5.10 Å². The van der Waals surface area contributed by atoms with Crippen LogP contribution in [-0.2, 0) is 0 Å². The van der Waals surface area contributed by atoms with Crippen molar-refractivity contribution in [1.82, 2.24) is 10.2 Å². The summed E-state index contributed by atoms with van der Waals surface area (Å²) in [5.41, 5.74) is 3.06. The molecule has 0 spiro atoms. The van der Waals surface area contributed by atoms with Gasteiger partial charge in [0, 0.05) is 16.8 Å². The quantitative estimate of drug-likeness (QED) is 0.872. The van der Waals surface area contributed by atoms with Crippen LogP contribution in [0.15, 0.2) is 18.2 Å². The van der Waals surface area contributed by atoms with E-state index in [9.17, 15) is 4.79 Å². The minimum absolute atomic E-state index is 0.0106. The molecule has 0 saturated carbocycles. The Morgan fingerprint density at radius 1 is 1.39 bits per heavy atom. The van der Waals surface area contributed by atoms with Gasteiger partial charge in [-0.2, -0.15) is 5.10 Å². The van der Waals surface area contributed by atoms with E-state index in [-0.39, 0.29) is 5.69 Å². The maximum atomic E-state index is 11.2. The molecule has 5 heteroatoms. The molecular weight excluding hydrogens is 232 g/mol. The summed E-state index contributed by atoms with van der Waals surface area (Å²) in [6.45, 7) is 3.73. The SMILES string of the molecule is COc1ccc(C)cc1-c1c(C(=O)O)n[nH]c1C. The molecule has 0 atom stereocenters. The number of nitrogens with zero attached hydrogens (tertiary/aromatic N) is 1. The van der Waals surface area contributed by atoms with Gasteiger partial charge in [-0.15, -0.1) is 0 Å². The average molecular weight is 246 g/mol. The number of H-pyrrole nitrogens is 1. The molecule has 2 N–H and O–H groups in total. The van der Waals surface area contributed by atoms with Gasteiger partial charge in [-0.25, -0.2) is 4.79 Å². The Morgan fingerprint density at radius 3 is 2.72 bits per heavy atom. The molecule has 0 unspecified atom stereocenters. The minimum atomic E-state index is -1.06. The summed E-state index contributed by atoms with van der Waals surface area (Å²) in [4.78, 5) is 11.2. The molecule has 1 aromatic heterocycles. The lowest BCUT2D eigenvalue weighted by Crippen LogP contribution is -2.00. The molecule has 0 amide bonds. The van der Waals surface area contributed by atoms with Crippen molar-refractivity contribution < 1.29 is 14.6 Å². The van der Waals surface area contributed by atoms with Crippen LogP contribution in [-0.4, -0.2) is 28.4 Å². The zero-order chi connectivity index (χ0) is 13.3. The number of rotatable bonds is 3. The summed E-state index contributed by atoms with van der Waals surface area (Å²) >= 11 is 0. The average Bonchev–Trinajstić information content (AvgIpc) is 2.71. The molecule has 1 heterocycles. The highest BCUT2D eigenvalue weighted by Gasteiger charge is 2.20. The van der Waals surface area contributed by atoms with Crippen molar-refractivity contribution in [3.63, 3.8) is 0 Å². The number of aromatic amines is 1. The monoisotopic (exact) mass is 246 g/mol. The first-order valence-electron chi connectivity index (χ1n) is 5.48. The number of benzene rings is 1. The second-order valence-electron chi connectivity index (χ2n) is 4.08. The van der Waals surface area contributed by atoms with Crippen LogP contribution >= 0.6 is 0 Å². The van der Waals surface area contributed by atoms with E-state index < -0.39 is 5.97 Å². The predicted molar refractivity (Wildman–Crippen MR) is 67.0 cm³/mol. The van der Waals surface area contributed by atoms with E-state index in [4.69, 9.17) is 9.84 Å². The largest absolute Gasteiger partial charge is 0.496 e. The van der Waals surface area contributed by atoms with Crippen molar-refractivity contribution in [2.24, 2.45) is 0 Å². The Morgan fingerprint density at radius 2 is 2.11 bits per heavy atom. The molecule has 5 nitrogen and oxygen atoms in total. The Bertz CT molecular complexity index is 602. The van der Waals surface area contributed by atoms with Crippen LogP contribution < -0.4 is 4.74 Å². The van der Waals surface area contributed by atoms with Crippen molar-refractivity contribution in [1.29, 1.82) is 0 Å². The molecule has 1 aromatic carbocycles. The van der Waals surface area contributed by atoms with Gasteiger partial charge in [-0.1, -0.05) is 11.6 Å². The van der Waals surface area contributed by atoms with Crippen molar-refractivity contribution in [2.45, 2.75) is 13.8 Å². The second kappa shape index (κ2) is 4.52. The number of methoxy groups -OCH3 is 1. The summed E-state index contributed by atoms with van der Waals surface area (Å²) < 4.78 is 5.28. The van der Waals surface area contributed by atoms with Crippen LogP contribution in [0.4, 0.5) is 0 Å². The first-order chi connectivity index (χ1) is 8.54. The van der Waals surface area contributed by atoms with Crippen LogP contribution in [0.1, 0.15) is 21.7 Å². The van der Waals surface area contributed by atoms with Crippen molar-refractivity contribution in [2.75, 3.05) is 7.11 Å². The van der Waals surface area contributed by atoms with E-state index in [1.165, 1.54) is 0 Å². The van der Waals surface area contributed by atoms with E-state index in [0.29, 0.717) is 17.0 Å². The van der Waals surface area contributed by atoms with E-state index in [2.05, 4.69) is 10.2 Å². The van der Waals surface area contributed by atoms with Gasteiger partial charge in [-0.05, 0) is 26.0 Å². The third-order valence-corrected chi connectivity index (χ3v) is 2.77. The summed E-state index contributed by atoms with van der Waals surface area (Å²) in [5.74, 6) is -0.425. The molecule has 0 aliphatic rings. The van der Waals surface area contributed by atoms with E-state index >= 15 is 0 Å². The third kappa shape index (κ3) is 1.95. The van der Waals surface area contributed by atoms with Crippen LogP contribution in [0.2, 0.25) is 0 Å². The van der Waals surface area contributed by atoms with Gasteiger partial charge in [0.25, 0.3) is 0 Å². The fraction of sp³-hybridized carbons (Fsp3) is 0.231. The maximum Gasteiger partial charge on any atom is 0.357 e. The summed E-state index contributed by atoms with van der Waals surface area (Å²) in [7, 11) is 1.56. The standard InChI is InChI=1S/C13H14N2O3/c1-7-4-5-10(18-3)9(6-7)11-8(2)14-15-12(11)13(16)17/h4-6H,1-3H3,(H,14,15)(H,16,17). The highest BCUT2D eigenvalue weighted by atomic mass is 16.5. The molecule has 0 aliphatic carbocycles. The first kappa shape index (κ1) is 12.2. The minimum Gasteiger partial charge on any atom is -0.496 e. The van der Waals surface area contributed by atoms with E-state index in [1.54, 1.807) is 14.0 Å². The van der Waals surface area contributed by atoms with Gasteiger partial charge < -0.3 is 9.84 Å². The van der Waals surface area contributed by atoms with Gasteiger partial charge >= 0.3 is 5.97 Å². The molecule has 2 rings (SSSR count). The number of hydrogen-bond donors (Lipinski definition) is 2. The van der Waals surface area contributed by atoms with Crippen molar-refractivity contribution in [3.05, 3.63) is 35.2 Å². The van der Waals surface area contributed by atoms with E-state index in [1.807, 2.05) is 25.1 Å². The number of aromatic nitrogens is 2. The number of carboxylic acids is 1. The number of aryl methyl sites for hydroxylation is 2. The molecule has 0 aliphatic heterocycles. The Kier molecular flexibility index (Phi) is 3.06. The zero-order valence-corrected chi connectivity index (χ0v) is 10.4. The predicted octanol–water partition coefficient (Wildman–Crippen LogP) is 2.40. The smallest absolute Gasteiger partial charge is 0.357 e. The lowest BCUT2D eigenvalue weighted by molar-refractivity contribution is 0.0691. The summed E-state index contributed by atoms with van der Waals surface area (Å²) in [6.07, 6.45) is 0. The fourth-order valence-electron chi connectivity index (χ4n) is 1.93. The van der Waals surface area contributed by atoms with Gasteiger partial charge in [0.2, 0.25) is 0 Å². The molecule has 0 bridgehead atoms. The molecule has 0 saturated heterocycles. The van der Waals surface area contributed by atoms with Crippen molar-refractivity contribution in [3.8, 4) is 16.9 Å². The molecular formula is C13H14N2O3. The zero-order valence-electron chi connectivity index (χ0n) is 10.4. The first-order valence-corrected chi connectivity index (χ1v) is 5.48. The number of ether oxygens (including phenoxy) is 1. The fourth-order valence-corrected chi connectivity index (χ4v) is 1.93. The molecule has 94 valence electrons. The number of carboxylic acid groups (broad SMARTS) is 1. The third-order valence-electron chi connectivity index (χ3n) is 2.77. The lowest BCUT2D eigenvalue weighted by atomic mass is 10.0. The molecule has 18 heavy (non-hydrogen) atoms. The maximum absolute atomic E-state index is 11.2. The van der Waals surface area contributed by atoms with Gasteiger partial charge in [0.15, 0.2) is 5.69 Å². The lowest BCUT2D eigenvalue weighted by Gasteiger charge is -2.09.